The molecule has 0 saturated heterocycles. The Bertz CT molecular complexity index is 727. The second-order valence-electron chi connectivity index (χ2n) is 7.37. The largest absolute Gasteiger partial charge is 0.399 e. The fourth-order valence-electron chi connectivity index (χ4n) is 3.51. The van der Waals surface area contributed by atoms with Crippen molar-refractivity contribution in [3.63, 3.8) is 0 Å². The van der Waals surface area contributed by atoms with Gasteiger partial charge in [0.1, 0.15) is 0 Å². The Balaban J connectivity index is 1.51. The van der Waals surface area contributed by atoms with Gasteiger partial charge in [0, 0.05) is 11.4 Å². The second kappa shape index (κ2) is 8.86. The molecule has 0 bridgehead atoms. The number of rotatable bonds is 6. The van der Waals surface area contributed by atoms with Gasteiger partial charge in [-0.25, -0.2) is 0 Å². The van der Waals surface area contributed by atoms with Crippen LogP contribution in [-0.4, -0.2) is 12.0 Å². The van der Waals surface area contributed by atoms with Crippen LogP contribution < -0.4 is 11.1 Å². The lowest BCUT2D eigenvalue weighted by Gasteiger charge is -2.26. The van der Waals surface area contributed by atoms with Gasteiger partial charge in [-0.2, -0.15) is 0 Å². The summed E-state index contributed by atoms with van der Waals surface area (Å²) in [6.45, 7) is 2.89. The lowest BCUT2D eigenvalue weighted by atomic mass is 9.89. The Morgan fingerprint density at radius 3 is 2.73 bits per heavy atom. The van der Waals surface area contributed by atoms with Crippen molar-refractivity contribution in [3.05, 3.63) is 59.7 Å². The first-order chi connectivity index (χ1) is 12.6. The van der Waals surface area contributed by atoms with E-state index in [9.17, 15) is 4.79 Å². The molecule has 0 aliphatic heterocycles. The van der Waals surface area contributed by atoms with Gasteiger partial charge in [-0.05, 0) is 54.2 Å². The molecular formula is C22H28N2O2. The van der Waals surface area contributed by atoms with Crippen LogP contribution in [0.1, 0.15) is 43.7 Å². The van der Waals surface area contributed by atoms with E-state index in [4.69, 9.17) is 10.5 Å². The Labute approximate surface area is 155 Å². The number of ether oxygens (including phenoxy) is 1. The van der Waals surface area contributed by atoms with Gasteiger partial charge in [-0.3, -0.25) is 4.79 Å². The lowest BCUT2D eigenvalue weighted by Crippen LogP contribution is -2.21. The molecule has 3 N–H and O–H groups in total. The zero-order chi connectivity index (χ0) is 18.4. The molecule has 0 heterocycles. The van der Waals surface area contributed by atoms with Gasteiger partial charge < -0.3 is 15.8 Å². The van der Waals surface area contributed by atoms with Crippen LogP contribution >= 0.6 is 0 Å². The molecule has 138 valence electrons. The maximum Gasteiger partial charge on any atom is 0.228 e. The van der Waals surface area contributed by atoms with Crippen LogP contribution in [0, 0.1) is 5.92 Å². The minimum atomic E-state index is -0.0334. The third-order valence-electron chi connectivity index (χ3n) is 4.93. The maximum absolute atomic E-state index is 12.2. The van der Waals surface area contributed by atoms with Crippen molar-refractivity contribution in [2.45, 2.75) is 51.7 Å². The number of nitrogens with two attached hydrogens (primary N) is 1. The number of nitrogen functional groups attached to an aromatic ring is 1. The number of amides is 1. The highest BCUT2D eigenvalue weighted by Gasteiger charge is 2.19. The van der Waals surface area contributed by atoms with Gasteiger partial charge in [0.2, 0.25) is 5.91 Å². The molecule has 2 aromatic rings. The van der Waals surface area contributed by atoms with Crippen LogP contribution in [-0.2, 0) is 22.6 Å². The van der Waals surface area contributed by atoms with E-state index < -0.39 is 0 Å². The Hall–Kier alpha value is -2.33. The normalized spacial score (nSPS) is 19.9. The summed E-state index contributed by atoms with van der Waals surface area (Å²) < 4.78 is 6.08. The molecule has 3 rings (SSSR count). The highest BCUT2D eigenvalue weighted by Crippen LogP contribution is 2.26. The number of nitrogens with one attached hydrogen (secondary N) is 1. The molecule has 1 saturated carbocycles. The van der Waals surface area contributed by atoms with Gasteiger partial charge in [0.05, 0.1) is 19.1 Å². The fourth-order valence-corrected chi connectivity index (χ4v) is 3.51. The van der Waals surface area contributed by atoms with Gasteiger partial charge >= 0.3 is 0 Å². The standard InChI is InChI=1S/C22H28N2O2/c1-16-4-2-7-21(12-16)26-15-18-5-3-6-20(13-18)24-22(25)14-17-8-10-19(23)11-9-17/h3,5-6,8-11,13,16,21H,2,4,7,12,14-15,23H2,1H3,(H,24,25). The molecule has 1 fully saturated rings. The summed E-state index contributed by atoms with van der Waals surface area (Å²) in [6, 6.07) is 15.3. The van der Waals surface area contributed by atoms with E-state index >= 15 is 0 Å². The fraction of sp³-hybridized carbons (Fsp3) is 0.409. The molecule has 4 nitrogen and oxygen atoms in total. The predicted molar refractivity (Wildman–Crippen MR) is 106 cm³/mol. The molecule has 0 radical (unpaired) electrons. The van der Waals surface area contributed by atoms with Crippen LogP contribution in [0.3, 0.4) is 0 Å². The predicted octanol–water partition coefficient (Wildman–Crippen LogP) is 4.55. The molecule has 0 aromatic heterocycles. The van der Waals surface area contributed by atoms with Crippen molar-refractivity contribution in [2.75, 3.05) is 11.1 Å². The Kier molecular flexibility index (Phi) is 6.29. The summed E-state index contributed by atoms with van der Waals surface area (Å²) in [5.74, 6) is 0.724. The molecule has 26 heavy (non-hydrogen) atoms. The van der Waals surface area contributed by atoms with E-state index in [1.54, 1.807) is 0 Å². The lowest BCUT2D eigenvalue weighted by molar-refractivity contribution is -0.115. The average Bonchev–Trinajstić information content (AvgIpc) is 2.62. The quantitative estimate of drug-likeness (QED) is 0.750. The van der Waals surface area contributed by atoms with Crippen molar-refractivity contribution < 1.29 is 9.53 Å². The molecule has 2 aromatic carbocycles. The minimum absolute atomic E-state index is 0.0334. The first-order valence-electron chi connectivity index (χ1n) is 9.43. The van der Waals surface area contributed by atoms with Crippen LogP contribution in [0.25, 0.3) is 0 Å². The van der Waals surface area contributed by atoms with E-state index in [0.717, 1.165) is 35.6 Å². The summed E-state index contributed by atoms with van der Waals surface area (Å²) in [4.78, 5) is 12.2. The van der Waals surface area contributed by atoms with Gasteiger partial charge in [0.25, 0.3) is 0 Å². The molecular weight excluding hydrogens is 324 g/mol. The average molecular weight is 352 g/mol. The maximum atomic E-state index is 12.2. The zero-order valence-electron chi connectivity index (χ0n) is 15.4. The van der Waals surface area contributed by atoms with Crippen LogP contribution in [0.2, 0.25) is 0 Å². The summed E-state index contributed by atoms with van der Waals surface area (Å²) in [5, 5.41) is 2.96. The SMILES string of the molecule is CC1CCCC(OCc2cccc(NC(=O)Cc3ccc(N)cc3)c2)C1. The third-order valence-corrected chi connectivity index (χ3v) is 4.93. The van der Waals surface area contributed by atoms with Gasteiger partial charge in [-0.1, -0.05) is 44.0 Å². The van der Waals surface area contributed by atoms with Gasteiger partial charge in [-0.15, -0.1) is 0 Å². The van der Waals surface area contributed by atoms with Crippen LogP contribution in [0.5, 0.6) is 0 Å². The smallest absolute Gasteiger partial charge is 0.228 e. The second-order valence-corrected chi connectivity index (χ2v) is 7.37. The number of benzene rings is 2. The highest BCUT2D eigenvalue weighted by molar-refractivity contribution is 5.92. The Morgan fingerprint density at radius 2 is 1.96 bits per heavy atom. The van der Waals surface area contributed by atoms with Crippen molar-refractivity contribution >= 4 is 17.3 Å². The molecule has 1 aliphatic carbocycles. The number of hydrogen-bond acceptors (Lipinski definition) is 3. The number of hydrogen-bond donors (Lipinski definition) is 2. The molecule has 2 atom stereocenters. The molecule has 0 spiro atoms. The molecule has 1 aliphatic rings. The van der Waals surface area contributed by atoms with E-state index in [-0.39, 0.29) is 5.91 Å². The van der Waals surface area contributed by atoms with Crippen molar-refractivity contribution in [1.29, 1.82) is 0 Å². The molecule has 4 heteroatoms. The summed E-state index contributed by atoms with van der Waals surface area (Å²) >= 11 is 0. The monoisotopic (exact) mass is 352 g/mol. The number of carbonyl (C=O) groups is 1. The van der Waals surface area contributed by atoms with E-state index in [2.05, 4.69) is 12.2 Å². The molecule has 1 amide bonds. The van der Waals surface area contributed by atoms with Gasteiger partial charge in [0.15, 0.2) is 0 Å². The van der Waals surface area contributed by atoms with E-state index in [1.165, 1.54) is 12.8 Å². The van der Waals surface area contributed by atoms with Crippen molar-refractivity contribution in [2.24, 2.45) is 5.92 Å². The Morgan fingerprint density at radius 1 is 1.15 bits per heavy atom. The summed E-state index contributed by atoms with van der Waals surface area (Å²) in [6.07, 6.45) is 5.58. The zero-order valence-corrected chi connectivity index (χ0v) is 15.4. The number of anilines is 2. The number of carbonyl (C=O) groups excluding carboxylic acids is 1. The highest BCUT2D eigenvalue weighted by atomic mass is 16.5. The van der Waals surface area contributed by atoms with Crippen molar-refractivity contribution in [3.8, 4) is 0 Å². The first-order valence-corrected chi connectivity index (χ1v) is 9.43. The topological polar surface area (TPSA) is 64.3 Å². The summed E-state index contributed by atoms with van der Waals surface area (Å²) in [5.41, 5.74) is 9.23. The van der Waals surface area contributed by atoms with E-state index in [0.29, 0.717) is 24.8 Å². The van der Waals surface area contributed by atoms with Crippen molar-refractivity contribution in [1.82, 2.24) is 0 Å². The minimum Gasteiger partial charge on any atom is -0.399 e. The third kappa shape index (κ3) is 5.60. The first kappa shape index (κ1) is 18.5. The summed E-state index contributed by atoms with van der Waals surface area (Å²) in [7, 11) is 0. The molecule has 2 unspecified atom stereocenters. The van der Waals surface area contributed by atoms with Crippen LogP contribution in [0.15, 0.2) is 48.5 Å². The van der Waals surface area contributed by atoms with E-state index in [1.807, 2.05) is 48.5 Å². The van der Waals surface area contributed by atoms with Crippen LogP contribution in [0.4, 0.5) is 11.4 Å².